The lowest BCUT2D eigenvalue weighted by atomic mass is 9.48. The Hall–Kier alpha value is -3.83. The Bertz CT molecular complexity index is 1380. The van der Waals surface area contributed by atoms with Gasteiger partial charge in [0.05, 0.1) is 28.4 Å². The van der Waals surface area contributed by atoms with Gasteiger partial charge in [-0.15, -0.1) is 0 Å². The van der Waals surface area contributed by atoms with Crippen molar-refractivity contribution in [1.29, 1.82) is 0 Å². The number of aliphatic hydroxyl groups is 1. The molecule has 2 bridgehead atoms. The average Bonchev–Trinajstić information content (AvgIpc) is 3.24. The Kier molecular flexibility index (Phi) is 8.08. The van der Waals surface area contributed by atoms with Crippen LogP contribution in [-0.2, 0) is 33.3 Å². The van der Waals surface area contributed by atoms with Crippen LogP contribution < -0.4 is 0 Å². The summed E-state index contributed by atoms with van der Waals surface area (Å²) in [4.78, 5) is 55.9. The Morgan fingerprint density at radius 2 is 1.60 bits per heavy atom. The fraction of sp³-hybridized carbons (Fsp3) is 0.531. The van der Waals surface area contributed by atoms with Crippen molar-refractivity contribution in [2.75, 3.05) is 6.61 Å². The van der Waals surface area contributed by atoms with E-state index < -0.39 is 77.4 Å². The molecule has 1 spiro atoms. The minimum Gasteiger partial charge on any atom is -0.461 e. The summed E-state index contributed by atoms with van der Waals surface area (Å²) in [5.41, 5.74) is -3.43. The number of esters is 4. The zero-order valence-corrected chi connectivity index (χ0v) is 24.9. The molecule has 1 saturated heterocycles. The Labute approximate surface area is 249 Å². The molecule has 230 valence electrons. The molecule has 0 unspecified atom stereocenters. The summed E-state index contributed by atoms with van der Waals surface area (Å²) >= 11 is 0. The maximum atomic E-state index is 13.6. The first kappa shape index (κ1) is 30.6. The van der Waals surface area contributed by atoms with E-state index in [9.17, 15) is 24.3 Å². The van der Waals surface area contributed by atoms with Crippen LogP contribution >= 0.6 is 0 Å². The molecule has 1 aliphatic heterocycles. The molecule has 1 N–H and O–H groups in total. The van der Waals surface area contributed by atoms with Crippen LogP contribution in [0.5, 0.6) is 0 Å². The van der Waals surface area contributed by atoms with Crippen molar-refractivity contribution in [1.82, 2.24) is 4.98 Å². The number of rotatable bonds is 7. The number of carbonyl (C=O) groups is 4. The molecular weight excluding hydrogens is 558 g/mol. The third-order valence-corrected chi connectivity index (χ3v) is 9.30. The Morgan fingerprint density at radius 3 is 2.23 bits per heavy atom. The first-order chi connectivity index (χ1) is 20.3. The third kappa shape index (κ3) is 5.18. The van der Waals surface area contributed by atoms with Crippen molar-refractivity contribution in [2.45, 2.75) is 83.1 Å². The molecule has 0 radical (unpaired) electrons. The lowest BCUT2D eigenvalue weighted by Gasteiger charge is -2.62. The molecule has 8 atom stereocenters. The molecule has 0 amide bonds. The lowest BCUT2D eigenvalue weighted by Crippen LogP contribution is -2.76. The van der Waals surface area contributed by atoms with Crippen LogP contribution in [0.2, 0.25) is 0 Å². The van der Waals surface area contributed by atoms with E-state index in [0.29, 0.717) is 0 Å². The number of hydrogen-bond acceptors (Lipinski definition) is 11. The minimum atomic E-state index is -1.69. The number of aliphatic hydroxyl groups excluding tert-OH is 1. The van der Waals surface area contributed by atoms with Gasteiger partial charge in [0.2, 0.25) is 0 Å². The van der Waals surface area contributed by atoms with Gasteiger partial charge >= 0.3 is 23.9 Å². The highest BCUT2D eigenvalue weighted by Crippen LogP contribution is 2.67. The summed E-state index contributed by atoms with van der Waals surface area (Å²) in [6, 6.07) is 11.4. The Morgan fingerprint density at radius 1 is 0.930 bits per heavy atom. The number of nitrogens with zero attached hydrogens (tertiary/aromatic N) is 1. The first-order valence-corrected chi connectivity index (χ1v) is 14.4. The number of ether oxygens (including phenoxy) is 5. The zero-order chi connectivity index (χ0) is 31.2. The van der Waals surface area contributed by atoms with Crippen LogP contribution in [0.1, 0.15) is 68.2 Å². The van der Waals surface area contributed by atoms with Crippen LogP contribution in [0.4, 0.5) is 0 Å². The molecular formula is C32H37NO10. The number of aromatic nitrogens is 1. The van der Waals surface area contributed by atoms with Gasteiger partial charge in [0.25, 0.3) is 0 Å². The van der Waals surface area contributed by atoms with E-state index in [1.54, 1.807) is 36.4 Å². The highest BCUT2D eigenvalue weighted by molar-refractivity contribution is 5.90. The van der Waals surface area contributed by atoms with Gasteiger partial charge in [-0.3, -0.25) is 14.6 Å². The summed E-state index contributed by atoms with van der Waals surface area (Å²) < 4.78 is 30.7. The maximum Gasteiger partial charge on any atom is 0.339 e. The van der Waals surface area contributed by atoms with E-state index in [1.807, 2.05) is 20.8 Å². The second-order valence-electron chi connectivity index (χ2n) is 12.3. The molecule has 2 saturated carbocycles. The summed E-state index contributed by atoms with van der Waals surface area (Å²) in [6.45, 7) is 7.54. The summed E-state index contributed by atoms with van der Waals surface area (Å²) in [6.07, 6.45) is -1.66. The number of benzene rings is 1. The number of hydrogen-bond donors (Lipinski definition) is 1. The van der Waals surface area contributed by atoms with E-state index in [4.69, 9.17) is 23.7 Å². The SMILES string of the molecule is CC(=O)O[C@H]1C[C@H](C)[C@@]23C[C@@H]([C@@H](O)[C@H](OC(=O)c4ccccc4)[C@]2(COC(=O)c2cccnc2)[C@H]1OC(C)=O)C(C)(C)O3. The van der Waals surface area contributed by atoms with Gasteiger partial charge < -0.3 is 28.8 Å². The second kappa shape index (κ2) is 11.3. The molecule has 3 fully saturated rings. The highest BCUT2D eigenvalue weighted by atomic mass is 16.6. The van der Waals surface area contributed by atoms with Crippen molar-refractivity contribution in [3.63, 3.8) is 0 Å². The standard InChI is InChI=1S/C32H37NO10/c1-18-14-24(40-19(2)34)26(41-20(3)35)31(17-39-28(37)22-12-9-13-33-16-22)27(42-29(38)21-10-7-6-8-11-21)25(36)23-15-32(18,31)43-30(23,4)5/h6-13,16,18,23-27,36H,14-15,17H2,1-5H3/t18-,23-,24-,25+,26-,27-,31-,32-/m0/s1. The summed E-state index contributed by atoms with van der Waals surface area (Å²) in [5.74, 6) is -3.66. The van der Waals surface area contributed by atoms with Crippen molar-refractivity contribution < 1.29 is 48.0 Å². The molecule has 1 aromatic heterocycles. The molecule has 2 aliphatic carbocycles. The van der Waals surface area contributed by atoms with E-state index in [0.717, 1.165) is 0 Å². The molecule has 11 nitrogen and oxygen atoms in total. The zero-order valence-electron chi connectivity index (χ0n) is 24.9. The molecule has 2 heterocycles. The quantitative estimate of drug-likeness (QED) is 0.371. The monoisotopic (exact) mass is 595 g/mol. The largest absolute Gasteiger partial charge is 0.461 e. The fourth-order valence-electron chi connectivity index (χ4n) is 7.54. The van der Waals surface area contributed by atoms with E-state index in [2.05, 4.69) is 4.98 Å². The molecule has 11 heteroatoms. The normalized spacial score (nSPS) is 33.9. The molecule has 2 aromatic rings. The van der Waals surface area contributed by atoms with Crippen molar-refractivity contribution >= 4 is 23.9 Å². The molecule has 3 aliphatic rings. The van der Waals surface area contributed by atoms with Gasteiger partial charge in [-0.25, -0.2) is 9.59 Å². The van der Waals surface area contributed by atoms with Gasteiger partial charge in [-0.2, -0.15) is 0 Å². The van der Waals surface area contributed by atoms with Crippen LogP contribution in [0.15, 0.2) is 54.9 Å². The highest BCUT2D eigenvalue weighted by Gasteiger charge is 2.80. The predicted molar refractivity (Wildman–Crippen MR) is 149 cm³/mol. The molecule has 1 aromatic carbocycles. The average molecular weight is 596 g/mol. The predicted octanol–water partition coefficient (Wildman–Crippen LogP) is 3.28. The number of fused-ring (bicyclic) bond motifs is 1. The van der Waals surface area contributed by atoms with Gasteiger partial charge in [-0.1, -0.05) is 25.1 Å². The van der Waals surface area contributed by atoms with Gasteiger partial charge in [0.15, 0.2) is 6.10 Å². The van der Waals surface area contributed by atoms with Crippen LogP contribution in [0.25, 0.3) is 0 Å². The van der Waals surface area contributed by atoms with Gasteiger partial charge in [-0.05, 0) is 56.9 Å². The van der Waals surface area contributed by atoms with E-state index in [-0.39, 0.29) is 29.9 Å². The minimum absolute atomic E-state index is 0.164. The van der Waals surface area contributed by atoms with Crippen molar-refractivity contribution in [3.05, 3.63) is 66.0 Å². The van der Waals surface area contributed by atoms with Crippen LogP contribution in [-0.4, -0.2) is 76.2 Å². The second-order valence-corrected chi connectivity index (χ2v) is 12.3. The lowest BCUT2D eigenvalue weighted by molar-refractivity contribution is -0.305. The maximum absolute atomic E-state index is 13.6. The third-order valence-electron chi connectivity index (χ3n) is 9.30. The summed E-state index contributed by atoms with van der Waals surface area (Å²) in [7, 11) is 0. The topological polar surface area (TPSA) is 148 Å². The van der Waals surface area contributed by atoms with Gasteiger partial charge in [0.1, 0.15) is 24.2 Å². The Balaban J connectivity index is 1.71. The fourth-order valence-corrected chi connectivity index (χ4v) is 7.54. The summed E-state index contributed by atoms with van der Waals surface area (Å²) in [5, 5.41) is 12.0. The molecule has 5 rings (SSSR count). The number of carbonyl (C=O) groups excluding carboxylic acids is 4. The van der Waals surface area contributed by atoms with Crippen LogP contribution in [0, 0.1) is 17.3 Å². The number of pyridine rings is 1. The van der Waals surface area contributed by atoms with E-state index >= 15 is 0 Å². The molecule has 43 heavy (non-hydrogen) atoms. The van der Waals surface area contributed by atoms with Gasteiger partial charge in [0, 0.05) is 32.2 Å². The van der Waals surface area contributed by atoms with E-state index in [1.165, 1.54) is 32.3 Å². The smallest absolute Gasteiger partial charge is 0.339 e. The van der Waals surface area contributed by atoms with Crippen molar-refractivity contribution in [2.24, 2.45) is 17.3 Å². The van der Waals surface area contributed by atoms with Crippen LogP contribution in [0.3, 0.4) is 0 Å². The first-order valence-electron chi connectivity index (χ1n) is 14.4. The van der Waals surface area contributed by atoms with Crippen molar-refractivity contribution in [3.8, 4) is 0 Å².